The molecule has 3 N–H and O–H groups in total. The van der Waals surface area contributed by atoms with Gasteiger partial charge in [-0.2, -0.15) is 0 Å². The van der Waals surface area contributed by atoms with Crippen LogP contribution in [0.3, 0.4) is 0 Å². The number of benzene rings is 1. The Kier molecular flexibility index (Phi) is 5.51. The van der Waals surface area contributed by atoms with Gasteiger partial charge in [0.2, 0.25) is 11.8 Å². The Bertz CT molecular complexity index is 716. The average molecular weight is 363 g/mol. The van der Waals surface area contributed by atoms with E-state index in [-0.39, 0.29) is 30.6 Å². The predicted octanol–water partition coefficient (Wildman–Crippen LogP) is 1.31. The summed E-state index contributed by atoms with van der Waals surface area (Å²) in [6, 6.07) is 4.30. The Labute approximate surface area is 150 Å². The Morgan fingerprint density at radius 1 is 1.27 bits per heavy atom. The second-order valence-corrected chi connectivity index (χ2v) is 6.83. The number of hydrogen-bond acceptors (Lipinski definition) is 5. The largest absolute Gasteiger partial charge is 0.480 e. The zero-order valence-electron chi connectivity index (χ0n) is 14.3. The summed E-state index contributed by atoms with van der Waals surface area (Å²) in [5, 5.41) is 14.1. The lowest BCUT2D eigenvalue weighted by Gasteiger charge is -2.31. The summed E-state index contributed by atoms with van der Waals surface area (Å²) < 4.78 is 14.6. The monoisotopic (exact) mass is 363 g/mol. The Hall–Kier alpha value is -2.48. The van der Waals surface area contributed by atoms with Crippen LogP contribution in [-0.4, -0.2) is 53.5 Å². The van der Waals surface area contributed by atoms with Crippen LogP contribution in [-0.2, 0) is 14.4 Å². The number of halogens is 1. The van der Waals surface area contributed by atoms with E-state index in [2.05, 4.69) is 10.6 Å². The van der Waals surface area contributed by atoms with Crippen LogP contribution in [0.5, 0.6) is 0 Å². The normalized spacial score (nSPS) is 22.1. The maximum absolute atomic E-state index is 14.6. The minimum atomic E-state index is -0.849. The maximum Gasteiger partial charge on any atom is 0.317 e. The van der Waals surface area contributed by atoms with E-state index >= 15 is 0 Å². The van der Waals surface area contributed by atoms with E-state index in [0.29, 0.717) is 43.6 Å². The van der Waals surface area contributed by atoms with E-state index in [1.165, 1.54) is 6.07 Å². The molecular formula is C18H22FN3O4. The van der Waals surface area contributed by atoms with Crippen molar-refractivity contribution in [2.45, 2.75) is 37.6 Å². The van der Waals surface area contributed by atoms with Gasteiger partial charge in [0.15, 0.2) is 0 Å². The van der Waals surface area contributed by atoms with Gasteiger partial charge in [0.05, 0.1) is 6.54 Å². The first-order valence-electron chi connectivity index (χ1n) is 8.76. The molecule has 2 saturated heterocycles. The molecule has 0 spiro atoms. The fourth-order valence-corrected chi connectivity index (χ4v) is 3.57. The number of nitrogens with zero attached hydrogens (tertiary/aromatic N) is 1. The molecule has 2 heterocycles. The Morgan fingerprint density at radius 3 is 2.62 bits per heavy atom. The summed E-state index contributed by atoms with van der Waals surface area (Å²) in [6.45, 7) is 1.28. The van der Waals surface area contributed by atoms with Gasteiger partial charge in [-0.1, -0.05) is 6.07 Å². The second-order valence-electron chi connectivity index (χ2n) is 6.83. The summed E-state index contributed by atoms with van der Waals surface area (Å²) >= 11 is 0. The fraction of sp³-hybridized carbons (Fsp3) is 0.500. The number of hydrogen-bond donors (Lipinski definition) is 3. The molecule has 0 aliphatic carbocycles. The number of aliphatic carboxylic acids is 1. The smallest absolute Gasteiger partial charge is 0.317 e. The highest BCUT2D eigenvalue weighted by molar-refractivity contribution is 6.01. The van der Waals surface area contributed by atoms with Crippen LogP contribution in [0.15, 0.2) is 18.2 Å². The van der Waals surface area contributed by atoms with Crippen molar-refractivity contribution in [1.29, 1.82) is 0 Å². The first-order chi connectivity index (χ1) is 12.4. The molecule has 0 radical (unpaired) electrons. The third kappa shape index (κ3) is 4.37. The number of imide groups is 1. The van der Waals surface area contributed by atoms with E-state index in [0.717, 1.165) is 0 Å². The topological polar surface area (TPSA) is 98.7 Å². The van der Waals surface area contributed by atoms with Crippen LogP contribution < -0.4 is 10.6 Å². The van der Waals surface area contributed by atoms with Crippen LogP contribution in [0.25, 0.3) is 0 Å². The van der Waals surface area contributed by atoms with Crippen LogP contribution in [0.4, 0.5) is 10.1 Å². The minimum Gasteiger partial charge on any atom is -0.480 e. The van der Waals surface area contributed by atoms with E-state index in [4.69, 9.17) is 5.11 Å². The molecule has 2 amide bonds. The first-order valence-corrected chi connectivity index (χ1v) is 8.76. The molecule has 2 aliphatic heterocycles. The summed E-state index contributed by atoms with van der Waals surface area (Å²) in [7, 11) is 0. The van der Waals surface area contributed by atoms with Gasteiger partial charge in [-0.25, -0.2) is 4.39 Å². The first kappa shape index (κ1) is 18.3. The number of carbonyl (C=O) groups excluding carboxylic acids is 2. The highest BCUT2D eigenvalue weighted by Crippen LogP contribution is 2.31. The summed E-state index contributed by atoms with van der Waals surface area (Å²) in [5.74, 6) is -1.80. The van der Waals surface area contributed by atoms with E-state index in [1.807, 2.05) is 4.90 Å². The third-order valence-corrected chi connectivity index (χ3v) is 4.97. The van der Waals surface area contributed by atoms with Crippen molar-refractivity contribution in [1.82, 2.24) is 10.2 Å². The Balaban J connectivity index is 1.60. The molecule has 3 rings (SSSR count). The van der Waals surface area contributed by atoms with E-state index in [1.54, 1.807) is 12.1 Å². The van der Waals surface area contributed by atoms with Crippen molar-refractivity contribution in [3.05, 3.63) is 29.6 Å². The maximum atomic E-state index is 14.6. The number of piperidine rings is 2. The van der Waals surface area contributed by atoms with Crippen LogP contribution >= 0.6 is 0 Å². The number of anilines is 1. The van der Waals surface area contributed by atoms with Crippen molar-refractivity contribution < 1.29 is 23.9 Å². The number of carboxylic acid groups (broad SMARTS) is 1. The number of likely N-dealkylation sites (tertiary alicyclic amines) is 1. The highest BCUT2D eigenvalue weighted by Gasteiger charge is 2.27. The molecule has 0 unspecified atom stereocenters. The van der Waals surface area contributed by atoms with Crippen molar-refractivity contribution in [2.24, 2.45) is 0 Å². The molecule has 7 nitrogen and oxygen atoms in total. The highest BCUT2D eigenvalue weighted by atomic mass is 19.1. The van der Waals surface area contributed by atoms with Gasteiger partial charge in [-0.3, -0.25) is 24.6 Å². The van der Waals surface area contributed by atoms with Gasteiger partial charge in [-0.05, 0) is 56.0 Å². The summed E-state index contributed by atoms with van der Waals surface area (Å²) in [6.07, 6.45) is 2.07. The van der Waals surface area contributed by atoms with E-state index in [9.17, 15) is 18.8 Å². The van der Waals surface area contributed by atoms with Gasteiger partial charge >= 0.3 is 5.97 Å². The zero-order valence-corrected chi connectivity index (χ0v) is 14.3. The fourth-order valence-electron chi connectivity index (χ4n) is 3.57. The molecule has 2 fully saturated rings. The van der Waals surface area contributed by atoms with Crippen LogP contribution in [0, 0.1) is 5.82 Å². The number of rotatable bonds is 5. The summed E-state index contributed by atoms with van der Waals surface area (Å²) in [4.78, 5) is 35.6. The molecule has 1 atom stereocenters. The molecule has 26 heavy (non-hydrogen) atoms. The third-order valence-electron chi connectivity index (χ3n) is 4.97. The second kappa shape index (κ2) is 7.82. The molecule has 1 aromatic rings. The zero-order chi connectivity index (χ0) is 18.7. The van der Waals surface area contributed by atoms with Gasteiger partial charge in [0.1, 0.15) is 11.9 Å². The number of nitrogens with one attached hydrogen (secondary N) is 2. The lowest BCUT2D eigenvalue weighted by molar-refractivity contribution is -0.138. The molecule has 0 aromatic heterocycles. The van der Waals surface area contributed by atoms with Crippen molar-refractivity contribution >= 4 is 23.5 Å². The minimum absolute atomic E-state index is 0.0179. The van der Waals surface area contributed by atoms with Gasteiger partial charge < -0.3 is 10.4 Å². The van der Waals surface area contributed by atoms with Gasteiger partial charge in [0.25, 0.3) is 0 Å². The molecule has 0 saturated carbocycles. The number of amides is 2. The standard InChI is InChI=1S/C18H22FN3O4/c19-14-9-12(20-15-3-4-16(23)21-18(15)26)1-2-13(14)11-5-7-22(8-6-11)10-17(24)25/h1-2,9,11,15,20H,3-8,10H2,(H,24,25)(H,21,23,26)/t15-/m1/s1. The lowest BCUT2D eigenvalue weighted by atomic mass is 9.89. The van der Waals surface area contributed by atoms with Crippen molar-refractivity contribution in [2.75, 3.05) is 25.0 Å². The molecule has 1 aromatic carbocycles. The SMILES string of the molecule is O=C(O)CN1CCC(c2ccc(N[C@@H]3CCC(=O)NC3=O)cc2F)CC1. The lowest BCUT2D eigenvalue weighted by Crippen LogP contribution is -2.47. The molecule has 2 aliphatic rings. The van der Waals surface area contributed by atoms with Gasteiger partial charge in [-0.15, -0.1) is 0 Å². The predicted molar refractivity (Wildman–Crippen MR) is 92.2 cm³/mol. The van der Waals surface area contributed by atoms with E-state index < -0.39 is 17.9 Å². The van der Waals surface area contributed by atoms with Gasteiger partial charge in [0, 0.05) is 12.1 Å². The molecule has 140 valence electrons. The van der Waals surface area contributed by atoms with Crippen LogP contribution in [0.2, 0.25) is 0 Å². The number of carboxylic acids is 1. The number of carbonyl (C=O) groups is 3. The summed E-state index contributed by atoms with van der Waals surface area (Å²) in [5.41, 5.74) is 1.12. The van der Waals surface area contributed by atoms with Crippen molar-refractivity contribution in [3.63, 3.8) is 0 Å². The quantitative estimate of drug-likeness (QED) is 0.682. The van der Waals surface area contributed by atoms with Crippen molar-refractivity contribution in [3.8, 4) is 0 Å². The Morgan fingerprint density at radius 2 is 2.00 bits per heavy atom. The molecular weight excluding hydrogens is 341 g/mol. The molecule has 0 bridgehead atoms. The van der Waals surface area contributed by atoms with Crippen LogP contribution in [0.1, 0.15) is 37.2 Å². The molecule has 8 heteroatoms. The average Bonchev–Trinajstić information content (AvgIpc) is 2.58.